The number of hydrogen-bond donors (Lipinski definition) is 0. The van der Waals surface area contributed by atoms with Gasteiger partial charge in [0.15, 0.2) is 0 Å². The standard InChI is InChI=1S/C11F22O9/c12-1(34)35-5(20,21)37-7(24,25)39-9(28,29)41-11(32,33)42-10(30,31)40-8(26,27)38-6(22,23)36-4(18,19)2(13,14)3(15,16)17. The van der Waals surface area contributed by atoms with Gasteiger partial charge in [-0.05, 0) is 0 Å². The van der Waals surface area contributed by atoms with Crippen molar-refractivity contribution >= 4 is 6.22 Å². The van der Waals surface area contributed by atoms with Crippen molar-refractivity contribution in [2.45, 2.75) is 62.3 Å². The number of ether oxygens (including phenoxy) is 8. The number of carbonyl (C=O) groups is 1. The van der Waals surface area contributed by atoms with Gasteiger partial charge in [-0.25, -0.2) is 33.2 Å². The summed E-state index contributed by atoms with van der Waals surface area (Å²) in [5, 5.41) is 0. The van der Waals surface area contributed by atoms with E-state index >= 15 is 0 Å². The van der Waals surface area contributed by atoms with Gasteiger partial charge in [0.1, 0.15) is 0 Å². The van der Waals surface area contributed by atoms with E-state index < -0.39 is 68.5 Å². The largest absolute Gasteiger partial charge is 0.545 e. The Bertz CT molecular complexity index is 931. The Morgan fingerprint density at radius 2 is 0.571 bits per heavy atom. The smallest absolute Gasteiger partial charge is 0.350 e. The maximum Gasteiger partial charge on any atom is 0.545 e. The Balaban J connectivity index is 5.57. The van der Waals surface area contributed by atoms with Crippen LogP contribution in [0.15, 0.2) is 0 Å². The van der Waals surface area contributed by atoms with Gasteiger partial charge in [0, 0.05) is 0 Å². The van der Waals surface area contributed by atoms with Gasteiger partial charge in [-0.15, -0.1) is 65.9 Å². The van der Waals surface area contributed by atoms with E-state index in [0.717, 1.165) is 0 Å². The van der Waals surface area contributed by atoms with Crippen molar-refractivity contribution in [2.24, 2.45) is 0 Å². The van der Waals surface area contributed by atoms with E-state index in [0.29, 0.717) is 0 Å². The van der Waals surface area contributed by atoms with Crippen LogP contribution >= 0.6 is 0 Å². The highest BCUT2D eigenvalue weighted by Gasteiger charge is 2.77. The van der Waals surface area contributed by atoms with Gasteiger partial charge < -0.3 is 4.74 Å². The van der Waals surface area contributed by atoms with E-state index in [1.54, 1.807) is 18.9 Å². The topological polar surface area (TPSA) is 90.9 Å². The molecule has 0 fully saturated rings. The first-order valence-electron chi connectivity index (χ1n) is 8.13. The molecule has 42 heavy (non-hydrogen) atoms. The van der Waals surface area contributed by atoms with Crippen LogP contribution in [0.4, 0.5) is 101 Å². The van der Waals surface area contributed by atoms with E-state index in [1.807, 2.05) is 9.47 Å². The lowest BCUT2D eigenvalue weighted by Gasteiger charge is -2.31. The molecule has 0 rings (SSSR count). The predicted octanol–water partition coefficient (Wildman–Crippen LogP) is 6.85. The lowest BCUT2D eigenvalue weighted by molar-refractivity contribution is -0.643. The third-order valence-electron chi connectivity index (χ3n) is 2.59. The minimum absolute atomic E-state index is 1.36. The van der Waals surface area contributed by atoms with Crippen molar-refractivity contribution in [1.29, 1.82) is 0 Å². The van der Waals surface area contributed by atoms with Crippen LogP contribution < -0.4 is 0 Å². The molecule has 0 aromatic rings. The van der Waals surface area contributed by atoms with Gasteiger partial charge in [-0.3, -0.25) is 0 Å². The van der Waals surface area contributed by atoms with Crippen LogP contribution in [0.3, 0.4) is 0 Å². The Labute approximate surface area is 209 Å². The van der Waals surface area contributed by atoms with Crippen LogP contribution in [0.1, 0.15) is 0 Å². The van der Waals surface area contributed by atoms with Gasteiger partial charge in [-0.2, -0.15) is 35.5 Å². The van der Waals surface area contributed by atoms with Crippen LogP contribution in [0.2, 0.25) is 0 Å². The molecule has 0 heterocycles. The molecular weight excluding hydrogens is 694 g/mol. The Morgan fingerprint density at radius 1 is 0.357 bits per heavy atom. The molecule has 0 amide bonds. The molecule has 0 N–H and O–H groups in total. The molecule has 0 saturated carbocycles. The first kappa shape index (κ1) is 39.6. The molecule has 0 aliphatic rings. The van der Waals surface area contributed by atoms with Gasteiger partial charge in [-0.1, -0.05) is 0 Å². The summed E-state index contributed by atoms with van der Waals surface area (Å²) in [6.45, 7) is 0. The summed E-state index contributed by atoms with van der Waals surface area (Å²) >= 11 is 0. The van der Waals surface area contributed by atoms with Crippen LogP contribution in [-0.4, -0.2) is 68.5 Å². The van der Waals surface area contributed by atoms with Gasteiger partial charge in [0.25, 0.3) is 0 Å². The maximum absolute atomic E-state index is 13.0. The van der Waals surface area contributed by atoms with Crippen molar-refractivity contribution in [3.05, 3.63) is 0 Å². The average molecular weight is 694 g/mol. The molecule has 0 unspecified atom stereocenters. The van der Waals surface area contributed by atoms with E-state index in [9.17, 15) is 101 Å². The maximum atomic E-state index is 13.0. The van der Waals surface area contributed by atoms with E-state index in [-0.39, 0.29) is 0 Å². The van der Waals surface area contributed by atoms with Gasteiger partial charge >= 0.3 is 68.5 Å². The van der Waals surface area contributed by atoms with Crippen molar-refractivity contribution in [1.82, 2.24) is 0 Å². The third-order valence-corrected chi connectivity index (χ3v) is 2.59. The third kappa shape index (κ3) is 12.9. The van der Waals surface area contributed by atoms with Gasteiger partial charge in [0.05, 0.1) is 0 Å². The van der Waals surface area contributed by atoms with Crippen molar-refractivity contribution in [3.8, 4) is 0 Å². The minimum Gasteiger partial charge on any atom is -0.350 e. The molecule has 0 atom stereocenters. The number of alkyl halides is 21. The molecule has 31 heteroatoms. The molecular formula is C11F22O9. The summed E-state index contributed by atoms with van der Waals surface area (Å²) in [5.74, 6) is -7.65. The Hall–Kier alpha value is -2.35. The van der Waals surface area contributed by atoms with E-state index in [2.05, 4.69) is 0 Å². The fraction of sp³-hybridized carbons (Fsp3) is 0.909. The first-order chi connectivity index (χ1) is 17.9. The summed E-state index contributed by atoms with van der Waals surface area (Å²) in [7, 11) is 0. The second-order valence-electron chi connectivity index (χ2n) is 5.89. The zero-order valence-corrected chi connectivity index (χ0v) is 17.5. The zero-order valence-electron chi connectivity index (χ0n) is 17.5. The van der Waals surface area contributed by atoms with E-state index in [4.69, 9.17) is 0 Å². The summed E-state index contributed by atoms with van der Waals surface area (Å²) in [4.78, 5) is 9.54. The molecule has 0 spiro atoms. The number of halogens is 22. The van der Waals surface area contributed by atoms with Crippen molar-refractivity contribution in [3.63, 3.8) is 0 Å². The fourth-order valence-corrected chi connectivity index (χ4v) is 1.45. The average Bonchev–Trinajstić information content (AvgIpc) is 2.50. The van der Waals surface area contributed by atoms with Crippen LogP contribution in [0, 0.1) is 0 Å². The predicted molar refractivity (Wildman–Crippen MR) is 65.8 cm³/mol. The highest BCUT2D eigenvalue weighted by Crippen LogP contribution is 2.50. The molecule has 252 valence electrons. The lowest BCUT2D eigenvalue weighted by atomic mass is 10.3. The molecule has 9 nitrogen and oxygen atoms in total. The fourth-order valence-electron chi connectivity index (χ4n) is 1.45. The molecule has 0 aliphatic carbocycles. The Morgan fingerprint density at radius 3 is 0.786 bits per heavy atom. The number of rotatable bonds is 16. The molecule has 0 aliphatic heterocycles. The normalized spacial score (nSPS) is 15.7. The second-order valence-corrected chi connectivity index (χ2v) is 5.89. The quantitative estimate of drug-likeness (QED) is 0.0978. The number of carbonyl (C=O) groups excluding carboxylic acids is 1. The lowest BCUT2D eigenvalue weighted by Crippen LogP contribution is -2.57. The highest BCUT2D eigenvalue weighted by atomic mass is 19.4. The Kier molecular flexibility index (Phi) is 11.0. The van der Waals surface area contributed by atoms with Crippen LogP contribution in [-0.2, 0) is 37.9 Å². The van der Waals surface area contributed by atoms with Crippen molar-refractivity contribution < 1.29 is 139 Å². The molecule has 0 aromatic heterocycles. The van der Waals surface area contributed by atoms with Gasteiger partial charge in [0.2, 0.25) is 0 Å². The molecule has 0 saturated heterocycles. The van der Waals surface area contributed by atoms with Crippen LogP contribution in [0.5, 0.6) is 0 Å². The molecule has 0 radical (unpaired) electrons. The highest BCUT2D eigenvalue weighted by molar-refractivity contribution is 5.58. The summed E-state index contributed by atoms with van der Waals surface area (Å²) < 4.78 is 291. The summed E-state index contributed by atoms with van der Waals surface area (Å²) in [6.07, 6.45) is -67.4. The molecule has 0 aromatic carbocycles. The van der Waals surface area contributed by atoms with Crippen molar-refractivity contribution in [2.75, 3.05) is 0 Å². The summed E-state index contributed by atoms with van der Waals surface area (Å²) in [6, 6.07) is 0. The monoisotopic (exact) mass is 694 g/mol. The van der Waals surface area contributed by atoms with E-state index in [1.165, 1.54) is 9.47 Å². The van der Waals surface area contributed by atoms with Crippen LogP contribution in [0.25, 0.3) is 0 Å². The number of hydrogen-bond acceptors (Lipinski definition) is 9. The second kappa shape index (κ2) is 11.6. The SMILES string of the molecule is O=C(F)OC(F)(F)OC(F)(F)OC(F)(F)OC(F)(F)OC(F)(F)OC(F)(F)OC(F)(F)OC(F)(F)C(F)(F)C(F)(F)F. The first-order valence-corrected chi connectivity index (χ1v) is 8.13. The summed E-state index contributed by atoms with van der Waals surface area (Å²) in [5.41, 5.74) is 0. The molecule has 0 bridgehead atoms. The zero-order chi connectivity index (χ0) is 34.2. The minimum atomic E-state index is -7.65.